The van der Waals surface area contributed by atoms with Gasteiger partial charge in [-0.3, -0.25) is 19.6 Å². The maximum absolute atomic E-state index is 14.6. The number of rotatable bonds is 16. The Morgan fingerprint density at radius 3 is 1.22 bits per heavy atom. The number of fused-ring (bicyclic) bond motifs is 2. The lowest BCUT2D eigenvalue weighted by atomic mass is 9.89. The fourth-order valence-electron chi connectivity index (χ4n) is 10.5. The highest BCUT2D eigenvalue weighted by Gasteiger charge is 2.35. The Morgan fingerprint density at radius 1 is 0.586 bits per heavy atom. The molecule has 10 nitrogen and oxygen atoms in total. The first-order valence-electron chi connectivity index (χ1n) is 26.5. The van der Waals surface area contributed by atoms with Gasteiger partial charge in [0.15, 0.2) is 0 Å². The van der Waals surface area contributed by atoms with Gasteiger partial charge in [-0.25, -0.2) is 17.6 Å². The average Bonchev–Trinajstić information content (AvgIpc) is 2.26. The second-order valence-electron chi connectivity index (χ2n) is 19.8. The molecule has 8 aromatic rings. The Kier molecular flexibility index (Phi) is 32.4. The molecule has 27 heteroatoms. The normalized spacial score (nSPS) is 16.6. The SMILES string of the molecule is C.C.CNC1CCC(N(Cc2cc(-c3ccncc3)ccc2OC)C(=O)c2sc3c(F)ccc(F)c3c2Cl)CC1.CNC1CCC(N(Cc2cc(-c3ccncc3)ccc2OC)C(=O)c2sc3c(F)ccc(F)c3c2Cl)CC1.Cl.Cl.PPP(P)P(P)P. The number of carbonyl (C=O) groups excluding carboxylic acids is 2. The molecule has 4 aromatic carbocycles. The van der Waals surface area contributed by atoms with E-state index in [1.165, 1.54) is 0 Å². The summed E-state index contributed by atoms with van der Waals surface area (Å²) in [5, 5.41) is 6.48. The predicted octanol–water partition coefficient (Wildman–Crippen LogP) is 19.9. The molecule has 4 heterocycles. The van der Waals surface area contributed by atoms with E-state index in [9.17, 15) is 27.2 Å². The van der Waals surface area contributed by atoms with Crippen molar-refractivity contribution in [3.05, 3.63) is 164 Å². The Labute approximate surface area is 552 Å². The van der Waals surface area contributed by atoms with E-state index < -0.39 is 23.3 Å². The zero-order valence-electron chi connectivity index (χ0n) is 46.8. The smallest absolute Gasteiger partial charge is 0.266 e. The molecule has 0 aliphatic heterocycles. The molecule has 6 atom stereocenters. The average molecular weight is 1440 g/mol. The summed E-state index contributed by atoms with van der Waals surface area (Å²) >= 11 is 14.9. The van der Waals surface area contributed by atoms with Crippen LogP contribution in [0.25, 0.3) is 42.4 Å². The van der Waals surface area contributed by atoms with E-state index in [1.54, 1.807) is 48.8 Å². The zero-order chi connectivity index (χ0) is 59.5. The summed E-state index contributed by atoms with van der Waals surface area (Å²) in [5.41, 5.74) is 5.60. The van der Waals surface area contributed by atoms with Gasteiger partial charge < -0.3 is 29.9 Å². The first-order valence-corrected chi connectivity index (χ1v) is 40.8. The molecule has 0 bridgehead atoms. The molecule has 87 heavy (non-hydrogen) atoms. The molecule has 472 valence electrons. The number of aromatic nitrogens is 2. The van der Waals surface area contributed by atoms with Crippen LogP contribution in [0.1, 0.15) is 96.7 Å². The lowest BCUT2D eigenvalue weighted by Gasteiger charge is -2.37. The highest BCUT2D eigenvalue weighted by atomic mass is 35.5. The Morgan fingerprint density at radius 2 is 0.931 bits per heavy atom. The van der Waals surface area contributed by atoms with Crippen LogP contribution >= 0.6 is 128 Å². The van der Waals surface area contributed by atoms with Gasteiger partial charge in [0.1, 0.15) is 44.5 Å². The standard InChI is InChI=1S/2C29H28ClF2N3O2S.2CH4.2ClH.H9P7/c2*1-33-20-4-6-21(7-5-20)35(29(36)28-26(30)25-22(31)8-9-23(32)27(25)38-28)16-19-15-18(3-10-24(19)37-2)17-11-13-34-14-12-17;;;;;1-5-7(4)6(2)3/h2*3,8-15,20-21,33H,4-7,16H2,1-2H3;2*1H4;2*1H;5H,1-4H2. The second kappa shape index (κ2) is 36.6. The van der Waals surface area contributed by atoms with Crippen molar-refractivity contribution in [1.29, 1.82) is 0 Å². The number of thiophene rings is 2. The predicted molar refractivity (Wildman–Crippen MR) is 385 cm³/mol. The van der Waals surface area contributed by atoms with Crippen LogP contribution in [0.2, 0.25) is 10.0 Å². The Hall–Kier alpha value is -2.55. The van der Waals surface area contributed by atoms with Crippen molar-refractivity contribution in [3.63, 3.8) is 0 Å². The third-order valence-corrected chi connectivity index (χ3v) is 48.9. The van der Waals surface area contributed by atoms with E-state index >= 15 is 0 Å². The summed E-state index contributed by atoms with van der Waals surface area (Å²) in [6, 6.07) is 24.3. The number of carbonyl (C=O) groups is 2. The second-order valence-corrected chi connectivity index (χ2v) is 44.8. The fraction of sp³-hybridized carbons (Fsp3) is 0.333. The first kappa shape index (κ1) is 76.9. The molecule has 10 rings (SSSR count). The minimum atomic E-state index is -0.644. The number of ether oxygens (including phenoxy) is 2. The molecule has 0 spiro atoms. The fourth-order valence-corrected chi connectivity index (χ4v) is 29.6. The van der Waals surface area contributed by atoms with E-state index in [0.717, 1.165) is 140 Å². The highest BCUT2D eigenvalue weighted by molar-refractivity contribution is 8.98. The van der Waals surface area contributed by atoms with Gasteiger partial charge in [-0.05, 0) is 174 Å². The number of hydrogen-bond donors (Lipinski definition) is 2. The quantitative estimate of drug-likeness (QED) is 0.0727. The number of halogens is 8. The van der Waals surface area contributed by atoms with Crippen molar-refractivity contribution >= 4 is 160 Å². The summed E-state index contributed by atoms with van der Waals surface area (Å²) in [5.74, 6) is -1.84. The highest BCUT2D eigenvalue weighted by Crippen LogP contribution is 2.92. The van der Waals surface area contributed by atoms with Gasteiger partial charge >= 0.3 is 0 Å². The minimum absolute atomic E-state index is 0. The van der Waals surface area contributed by atoms with Gasteiger partial charge in [0.05, 0.1) is 44.4 Å². The molecular weight excluding hydrogens is 1370 g/mol. The van der Waals surface area contributed by atoms with Gasteiger partial charge in [0.25, 0.3) is 11.8 Å². The maximum Gasteiger partial charge on any atom is 0.266 e. The van der Waals surface area contributed by atoms with Crippen molar-refractivity contribution in [2.75, 3.05) is 28.3 Å². The van der Waals surface area contributed by atoms with Crippen LogP contribution in [0, 0.1) is 23.3 Å². The van der Waals surface area contributed by atoms with E-state index in [0.29, 0.717) is 23.6 Å². The molecular formula is C60H75Cl4F4N6O4P7S2. The monoisotopic (exact) mass is 1440 g/mol. The van der Waals surface area contributed by atoms with Crippen molar-refractivity contribution in [2.45, 2.75) is 103 Å². The third kappa shape index (κ3) is 18.8. The number of hydrogen-bond acceptors (Lipinski definition) is 10. The van der Waals surface area contributed by atoms with Crippen LogP contribution in [0.5, 0.6) is 11.5 Å². The van der Waals surface area contributed by atoms with E-state index in [-0.39, 0.29) is 131 Å². The first-order chi connectivity index (χ1) is 40.0. The van der Waals surface area contributed by atoms with Crippen LogP contribution in [0.15, 0.2) is 110 Å². The number of nitrogens with one attached hydrogen (secondary N) is 2. The zero-order valence-corrected chi connectivity index (χ0v) is 59.0. The van der Waals surface area contributed by atoms with E-state index in [4.69, 9.17) is 32.7 Å². The van der Waals surface area contributed by atoms with Crippen molar-refractivity contribution in [1.82, 2.24) is 30.4 Å². The number of nitrogens with zero attached hydrogens (tertiary/aromatic N) is 4. The number of amides is 2. The van der Waals surface area contributed by atoms with Gasteiger partial charge in [-0.15, -0.1) is 83.2 Å². The molecule has 2 amide bonds. The van der Waals surface area contributed by atoms with Gasteiger partial charge in [0, 0.05) is 73.2 Å². The summed E-state index contributed by atoms with van der Waals surface area (Å²) < 4.78 is 69.7. The maximum atomic E-state index is 14.6. The molecule has 2 aliphatic carbocycles. The van der Waals surface area contributed by atoms with E-state index in [1.807, 2.05) is 74.8 Å². The van der Waals surface area contributed by atoms with Crippen molar-refractivity contribution in [3.8, 4) is 33.8 Å². The van der Waals surface area contributed by atoms with Crippen LogP contribution in [-0.4, -0.2) is 84.1 Å². The van der Waals surface area contributed by atoms with Crippen LogP contribution < -0.4 is 20.1 Å². The van der Waals surface area contributed by atoms with Crippen LogP contribution in [0.3, 0.4) is 0 Å². The molecule has 2 N–H and O–H groups in total. The van der Waals surface area contributed by atoms with Gasteiger partial charge in [-0.1, -0.05) is 58.1 Å². The van der Waals surface area contributed by atoms with Crippen molar-refractivity contribution in [2.24, 2.45) is 0 Å². The van der Waals surface area contributed by atoms with Crippen molar-refractivity contribution < 1.29 is 36.6 Å². The molecule has 2 fully saturated rings. The lowest BCUT2D eigenvalue weighted by molar-refractivity contribution is 0.0598. The largest absolute Gasteiger partial charge is 0.496 e. The topological polar surface area (TPSA) is 109 Å². The minimum Gasteiger partial charge on any atom is -0.496 e. The molecule has 0 saturated heterocycles. The van der Waals surface area contributed by atoms with E-state index in [2.05, 4.69) is 56.3 Å². The third-order valence-electron chi connectivity index (χ3n) is 15.0. The molecule has 6 unspecified atom stereocenters. The van der Waals surface area contributed by atoms with Crippen LogP contribution in [0.4, 0.5) is 17.6 Å². The van der Waals surface area contributed by atoms with Crippen LogP contribution in [-0.2, 0) is 13.1 Å². The number of methoxy groups -OCH3 is 2. The lowest BCUT2D eigenvalue weighted by Crippen LogP contribution is -2.44. The summed E-state index contributed by atoms with van der Waals surface area (Å²) in [6.45, 7) is 0.990. The summed E-state index contributed by atoms with van der Waals surface area (Å²) in [7, 11) is 19.5. The number of benzene rings is 4. The Bertz CT molecular complexity index is 3300. The number of pyridine rings is 2. The summed E-state index contributed by atoms with van der Waals surface area (Å²) in [4.78, 5) is 40.3. The molecule has 4 aromatic heterocycles. The summed E-state index contributed by atoms with van der Waals surface area (Å²) in [6.07, 6.45) is 13.8. The Balaban J connectivity index is 0.000000322. The molecule has 2 aliphatic rings. The van der Waals surface area contributed by atoms with Gasteiger partial charge in [0.2, 0.25) is 0 Å². The molecule has 2 saturated carbocycles. The molecule has 0 radical (unpaired) electrons. The van der Waals surface area contributed by atoms with Gasteiger partial charge in [-0.2, -0.15) is 0 Å².